The van der Waals surface area contributed by atoms with Gasteiger partial charge in [-0.25, -0.2) is 0 Å². The fourth-order valence-corrected chi connectivity index (χ4v) is 4.55. The van der Waals surface area contributed by atoms with Crippen LogP contribution in [0.2, 0.25) is 0 Å². The van der Waals surface area contributed by atoms with E-state index >= 15 is 0 Å². The Kier molecular flexibility index (Phi) is 6.02. The van der Waals surface area contributed by atoms with E-state index in [0.717, 1.165) is 19.4 Å². The van der Waals surface area contributed by atoms with Gasteiger partial charge in [-0.1, -0.05) is 36.4 Å². The lowest BCUT2D eigenvalue weighted by atomic mass is 9.88. The number of nitrogens with two attached hydrogens (primary N) is 1. The molecule has 1 aromatic carbocycles. The molecule has 0 saturated carbocycles. The quantitative estimate of drug-likeness (QED) is 0.669. The average Bonchev–Trinajstić information content (AvgIpc) is 2.75. The second-order valence-corrected chi connectivity index (χ2v) is 8.07. The van der Waals surface area contributed by atoms with Crippen LogP contribution < -0.4 is 5.73 Å². The van der Waals surface area contributed by atoms with Gasteiger partial charge in [0.15, 0.2) is 0 Å². The summed E-state index contributed by atoms with van der Waals surface area (Å²) in [5, 5.41) is 0. The molecule has 1 aliphatic heterocycles. The monoisotopic (exact) mass is 386 g/mol. The minimum Gasteiger partial charge on any atom is -0.326 e. The van der Waals surface area contributed by atoms with Crippen molar-refractivity contribution in [3.8, 4) is 0 Å². The van der Waals surface area contributed by atoms with Crippen molar-refractivity contribution in [1.82, 2.24) is 14.9 Å². The molecule has 2 atom stereocenters. The topological polar surface area (TPSA) is 55.0 Å². The molecule has 2 N–H and O–H groups in total. The number of nitrogens with zero attached hydrogens (tertiary/aromatic N) is 3. The van der Waals surface area contributed by atoms with Crippen molar-refractivity contribution >= 4 is 0 Å². The van der Waals surface area contributed by atoms with Crippen LogP contribution in [0.3, 0.4) is 0 Å². The first-order valence-corrected chi connectivity index (χ1v) is 10.5. The average molecular weight is 387 g/mol. The Morgan fingerprint density at radius 3 is 1.83 bits per heavy atom. The van der Waals surface area contributed by atoms with Crippen molar-refractivity contribution in [1.29, 1.82) is 0 Å². The molecule has 0 aliphatic carbocycles. The minimum atomic E-state index is 0.297. The molecule has 29 heavy (non-hydrogen) atoms. The SMILES string of the molecule is Cc1cccnc1[C@H]1CCC[C@@H](c2ncccc2C)N1Cc1ccc(CN)cc1. The fourth-order valence-electron chi connectivity index (χ4n) is 4.55. The lowest BCUT2D eigenvalue weighted by molar-refractivity contribution is 0.0679. The zero-order valence-electron chi connectivity index (χ0n) is 17.4. The summed E-state index contributed by atoms with van der Waals surface area (Å²) in [5.41, 5.74) is 13.2. The van der Waals surface area contributed by atoms with Crippen LogP contribution >= 0.6 is 0 Å². The van der Waals surface area contributed by atoms with Crippen LogP contribution in [0.25, 0.3) is 0 Å². The van der Waals surface area contributed by atoms with E-state index in [4.69, 9.17) is 15.7 Å². The molecule has 4 heteroatoms. The van der Waals surface area contributed by atoms with E-state index in [1.165, 1.54) is 40.1 Å². The van der Waals surface area contributed by atoms with Crippen molar-refractivity contribution in [3.63, 3.8) is 0 Å². The predicted octanol–water partition coefficient (Wildman–Crippen LogP) is 5.02. The highest BCUT2D eigenvalue weighted by atomic mass is 15.2. The smallest absolute Gasteiger partial charge is 0.0604 e. The van der Waals surface area contributed by atoms with Gasteiger partial charge in [0, 0.05) is 25.5 Å². The number of pyridine rings is 2. The molecule has 150 valence electrons. The Balaban J connectivity index is 1.73. The molecule has 0 spiro atoms. The van der Waals surface area contributed by atoms with Crippen molar-refractivity contribution < 1.29 is 0 Å². The molecule has 4 rings (SSSR count). The minimum absolute atomic E-state index is 0.297. The summed E-state index contributed by atoms with van der Waals surface area (Å²) in [7, 11) is 0. The summed E-state index contributed by atoms with van der Waals surface area (Å²) in [4.78, 5) is 12.2. The molecule has 1 fully saturated rings. The first-order valence-electron chi connectivity index (χ1n) is 10.5. The number of hydrogen-bond acceptors (Lipinski definition) is 4. The largest absolute Gasteiger partial charge is 0.326 e. The Hall–Kier alpha value is -2.56. The summed E-state index contributed by atoms with van der Waals surface area (Å²) in [6.07, 6.45) is 7.28. The molecule has 0 radical (unpaired) electrons. The van der Waals surface area contributed by atoms with E-state index in [9.17, 15) is 0 Å². The highest BCUT2D eigenvalue weighted by Crippen LogP contribution is 2.43. The number of piperidine rings is 1. The van der Waals surface area contributed by atoms with Gasteiger partial charge in [-0.05, 0) is 67.5 Å². The van der Waals surface area contributed by atoms with Crippen LogP contribution in [0, 0.1) is 13.8 Å². The van der Waals surface area contributed by atoms with Crippen LogP contribution in [0.4, 0.5) is 0 Å². The van der Waals surface area contributed by atoms with Crippen LogP contribution in [-0.4, -0.2) is 14.9 Å². The Bertz CT molecular complexity index is 898. The van der Waals surface area contributed by atoms with Gasteiger partial charge in [0.1, 0.15) is 0 Å². The van der Waals surface area contributed by atoms with Gasteiger partial charge in [-0.15, -0.1) is 0 Å². The molecule has 3 aromatic rings. The molecular formula is C25H30N4. The van der Waals surface area contributed by atoms with Crippen molar-refractivity contribution in [3.05, 3.63) is 94.6 Å². The van der Waals surface area contributed by atoms with E-state index in [-0.39, 0.29) is 0 Å². The van der Waals surface area contributed by atoms with Gasteiger partial charge in [0.05, 0.1) is 23.5 Å². The van der Waals surface area contributed by atoms with Gasteiger partial charge < -0.3 is 5.73 Å². The number of benzene rings is 1. The summed E-state index contributed by atoms with van der Waals surface area (Å²) in [6, 6.07) is 17.7. The standard InChI is InChI=1S/C25H30N4/c1-18-6-4-14-27-24(18)22-8-3-9-23(25-19(2)7-5-15-28-25)29(22)17-21-12-10-20(16-26)11-13-21/h4-7,10-15,22-23H,3,8-9,16-17,26H2,1-2H3/t22-,23+. The Morgan fingerprint density at radius 2 is 1.34 bits per heavy atom. The van der Waals surface area contributed by atoms with Gasteiger partial charge in [-0.2, -0.15) is 0 Å². The third-order valence-electron chi connectivity index (χ3n) is 6.11. The van der Waals surface area contributed by atoms with Gasteiger partial charge >= 0.3 is 0 Å². The maximum absolute atomic E-state index is 5.79. The molecule has 3 heterocycles. The molecular weight excluding hydrogens is 356 g/mol. The highest BCUT2D eigenvalue weighted by molar-refractivity contribution is 5.28. The Labute approximate surface area is 173 Å². The lowest BCUT2D eigenvalue weighted by Gasteiger charge is -2.42. The zero-order valence-corrected chi connectivity index (χ0v) is 17.4. The van der Waals surface area contributed by atoms with Gasteiger partial charge in [0.2, 0.25) is 0 Å². The normalized spacial score (nSPS) is 20.0. The number of likely N-dealkylation sites (tertiary alicyclic amines) is 1. The van der Waals surface area contributed by atoms with Crippen molar-refractivity contribution in [2.75, 3.05) is 0 Å². The number of aromatic nitrogens is 2. The third kappa shape index (κ3) is 4.24. The van der Waals surface area contributed by atoms with E-state index in [2.05, 4.69) is 55.1 Å². The summed E-state index contributed by atoms with van der Waals surface area (Å²) < 4.78 is 0. The van der Waals surface area contributed by atoms with Crippen molar-refractivity contribution in [2.24, 2.45) is 5.73 Å². The van der Waals surface area contributed by atoms with Gasteiger partial charge in [0.25, 0.3) is 0 Å². The van der Waals surface area contributed by atoms with Crippen LogP contribution in [-0.2, 0) is 13.1 Å². The molecule has 0 unspecified atom stereocenters. The van der Waals surface area contributed by atoms with Crippen LogP contribution in [0.5, 0.6) is 0 Å². The maximum atomic E-state index is 5.79. The molecule has 0 amide bonds. The number of rotatable bonds is 5. The molecule has 1 saturated heterocycles. The van der Waals surface area contributed by atoms with E-state index in [1.54, 1.807) is 0 Å². The fraction of sp³-hybridized carbons (Fsp3) is 0.360. The molecule has 0 bridgehead atoms. The zero-order chi connectivity index (χ0) is 20.2. The first kappa shape index (κ1) is 19.7. The predicted molar refractivity (Wildman–Crippen MR) is 117 cm³/mol. The van der Waals surface area contributed by atoms with E-state index in [0.29, 0.717) is 18.6 Å². The van der Waals surface area contributed by atoms with E-state index < -0.39 is 0 Å². The summed E-state index contributed by atoms with van der Waals surface area (Å²) in [6.45, 7) is 5.81. The third-order valence-corrected chi connectivity index (χ3v) is 6.11. The number of hydrogen-bond donors (Lipinski definition) is 1. The van der Waals surface area contributed by atoms with E-state index in [1.807, 2.05) is 24.5 Å². The first-order chi connectivity index (χ1) is 14.2. The number of aryl methyl sites for hydroxylation is 2. The van der Waals surface area contributed by atoms with Gasteiger partial charge in [-0.3, -0.25) is 14.9 Å². The molecule has 4 nitrogen and oxygen atoms in total. The maximum Gasteiger partial charge on any atom is 0.0604 e. The lowest BCUT2D eigenvalue weighted by Crippen LogP contribution is -2.37. The van der Waals surface area contributed by atoms with Crippen molar-refractivity contribution in [2.45, 2.75) is 58.3 Å². The van der Waals surface area contributed by atoms with Crippen LogP contribution in [0.1, 0.15) is 65.0 Å². The Morgan fingerprint density at radius 1 is 0.828 bits per heavy atom. The summed E-state index contributed by atoms with van der Waals surface area (Å²) in [5.74, 6) is 0. The second-order valence-electron chi connectivity index (χ2n) is 8.07. The summed E-state index contributed by atoms with van der Waals surface area (Å²) >= 11 is 0. The molecule has 1 aliphatic rings. The highest BCUT2D eigenvalue weighted by Gasteiger charge is 2.35. The van der Waals surface area contributed by atoms with Crippen LogP contribution in [0.15, 0.2) is 60.9 Å². The molecule has 2 aromatic heterocycles. The second kappa shape index (κ2) is 8.85.